The summed E-state index contributed by atoms with van der Waals surface area (Å²) >= 11 is 0. The van der Waals surface area contributed by atoms with E-state index in [2.05, 4.69) is 23.7 Å². The first-order valence-electron chi connectivity index (χ1n) is 14.1. The summed E-state index contributed by atoms with van der Waals surface area (Å²) in [6, 6.07) is 7.00. The molecular weight excluding hydrogens is 555 g/mol. The molecule has 5 aliphatic rings. The Morgan fingerprint density at radius 3 is 2.74 bits per heavy atom. The van der Waals surface area contributed by atoms with Gasteiger partial charge in [-0.05, 0) is 48.3 Å². The van der Waals surface area contributed by atoms with Gasteiger partial charge in [-0.2, -0.15) is 0 Å². The number of carbonyl (C=O) groups excluding carboxylic acids is 1. The average Bonchev–Trinajstić information content (AvgIpc) is 3.27. The lowest BCUT2D eigenvalue weighted by molar-refractivity contribution is -0.940. The van der Waals surface area contributed by atoms with E-state index in [4.69, 9.17) is 4.74 Å². The van der Waals surface area contributed by atoms with Gasteiger partial charge in [0.2, 0.25) is 0 Å². The number of hydrogen-bond donors (Lipinski definition) is 2. The van der Waals surface area contributed by atoms with Gasteiger partial charge in [0.05, 0.1) is 42.8 Å². The molecule has 9 nitrogen and oxygen atoms in total. The third kappa shape index (κ3) is 4.30. The molecule has 0 aromatic heterocycles. The number of halogens is 3. The molecule has 2 bridgehead atoms. The number of alkyl halides is 3. The second-order valence-corrected chi connectivity index (χ2v) is 12.2. The number of aliphatic hydroxyl groups is 1. The topological polar surface area (TPSA) is 111 Å². The number of nitro groups is 1. The molecule has 3 fully saturated rings. The summed E-state index contributed by atoms with van der Waals surface area (Å²) in [5, 5.41) is 26.1. The van der Waals surface area contributed by atoms with E-state index < -0.39 is 40.5 Å². The zero-order chi connectivity index (χ0) is 30.1. The highest BCUT2D eigenvalue weighted by atomic mass is 19.4. The number of likely N-dealkylation sites (tertiary alicyclic amines) is 1. The van der Waals surface area contributed by atoms with Gasteiger partial charge < -0.3 is 24.4 Å². The molecule has 2 aliphatic heterocycles. The van der Waals surface area contributed by atoms with E-state index in [-0.39, 0.29) is 23.0 Å². The van der Waals surface area contributed by atoms with Crippen molar-refractivity contribution in [2.75, 3.05) is 20.1 Å². The molecule has 6 rings (SSSR count). The summed E-state index contributed by atoms with van der Waals surface area (Å²) in [4.78, 5) is 24.3. The minimum Gasteiger partial charge on any atom is -0.392 e. The van der Waals surface area contributed by atoms with Crippen LogP contribution < -0.4 is 5.32 Å². The number of carbonyl (C=O) groups is 1. The van der Waals surface area contributed by atoms with Crippen molar-refractivity contribution in [3.63, 3.8) is 0 Å². The largest absolute Gasteiger partial charge is 0.573 e. The van der Waals surface area contributed by atoms with Gasteiger partial charge in [0, 0.05) is 24.2 Å². The standard InChI is InChI=1S/C30H32F3N3O6/c1-3-15-36(2)16-14-28-20-10-7-11-22(28)41-26-23(28)19(17-21(20)36)12-13-29(26,38)34-27(37)25(42-30(31,32)33)24(35(39)40)18-8-5-4-6-9-18/h3-6,8-9,12-13,20-22,26,38H,1,7,10-11,14-17H2,2H3/p+1/t20-,21+,22-,26?,28+,29?,36?/m0/s1. The maximum atomic E-state index is 13.5. The van der Waals surface area contributed by atoms with Crippen LogP contribution >= 0.6 is 0 Å². The fourth-order valence-corrected chi connectivity index (χ4v) is 8.44. The van der Waals surface area contributed by atoms with Crippen molar-refractivity contribution in [3.8, 4) is 0 Å². The lowest BCUT2D eigenvalue weighted by Gasteiger charge is -2.61. The van der Waals surface area contributed by atoms with Crippen LogP contribution in [0.1, 0.15) is 37.7 Å². The predicted octanol–water partition coefficient (Wildman–Crippen LogP) is 4.20. The summed E-state index contributed by atoms with van der Waals surface area (Å²) in [6.07, 6.45) is 2.52. The average molecular weight is 589 g/mol. The number of hydrogen-bond acceptors (Lipinski definition) is 6. The van der Waals surface area contributed by atoms with Gasteiger partial charge in [-0.3, -0.25) is 14.9 Å². The van der Waals surface area contributed by atoms with Crippen LogP contribution in [0.2, 0.25) is 0 Å². The Bertz CT molecular complexity index is 1420. The second kappa shape index (κ2) is 9.78. The Labute approximate surface area is 240 Å². The molecule has 2 saturated heterocycles. The molecule has 3 unspecified atom stereocenters. The van der Waals surface area contributed by atoms with Crippen LogP contribution in [0.3, 0.4) is 0 Å². The molecule has 0 radical (unpaired) electrons. The monoisotopic (exact) mass is 588 g/mol. The van der Waals surface area contributed by atoms with E-state index >= 15 is 0 Å². The zero-order valence-electron chi connectivity index (χ0n) is 23.1. The van der Waals surface area contributed by atoms with E-state index in [1.807, 2.05) is 6.08 Å². The van der Waals surface area contributed by atoms with Crippen LogP contribution in [0.5, 0.6) is 0 Å². The third-order valence-electron chi connectivity index (χ3n) is 10.0. The molecule has 2 N–H and O–H groups in total. The van der Waals surface area contributed by atoms with E-state index in [0.29, 0.717) is 6.04 Å². The highest BCUT2D eigenvalue weighted by Gasteiger charge is 2.70. The van der Waals surface area contributed by atoms with Crippen LogP contribution in [0.4, 0.5) is 13.2 Å². The molecule has 1 aromatic carbocycles. The maximum absolute atomic E-state index is 13.5. The summed E-state index contributed by atoms with van der Waals surface area (Å²) in [5.74, 6) is -2.89. The normalized spacial score (nSPS) is 37.0. The minimum absolute atomic E-state index is 0.227. The highest BCUT2D eigenvalue weighted by molar-refractivity contribution is 5.98. The van der Waals surface area contributed by atoms with Crippen molar-refractivity contribution in [3.05, 3.63) is 87.7 Å². The third-order valence-corrected chi connectivity index (χ3v) is 10.0. The lowest BCUT2D eigenvalue weighted by Crippen LogP contribution is -2.69. The summed E-state index contributed by atoms with van der Waals surface area (Å²) in [5.41, 5.74) is -2.16. The smallest absolute Gasteiger partial charge is 0.392 e. The van der Waals surface area contributed by atoms with Crippen LogP contribution in [0.15, 0.2) is 72.0 Å². The Morgan fingerprint density at radius 1 is 1.33 bits per heavy atom. The molecular formula is C30H33F3N3O6+. The first-order chi connectivity index (χ1) is 19.8. The van der Waals surface area contributed by atoms with Gasteiger partial charge in [0.1, 0.15) is 6.10 Å². The van der Waals surface area contributed by atoms with E-state index in [1.54, 1.807) is 6.08 Å². The quantitative estimate of drug-likeness (QED) is 0.0940. The van der Waals surface area contributed by atoms with Crippen LogP contribution in [-0.2, 0) is 14.3 Å². The number of nitrogens with one attached hydrogen (secondary N) is 1. The van der Waals surface area contributed by atoms with Crippen molar-refractivity contribution in [2.45, 2.75) is 62.4 Å². The maximum Gasteiger partial charge on any atom is 0.573 e. The van der Waals surface area contributed by atoms with Gasteiger partial charge >= 0.3 is 12.1 Å². The second-order valence-electron chi connectivity index (χ2n) is 12.2. The van der Waals surface area contributed by atoms with Crippen LogP contribution in [-0.4, -0.2) is 70.9 Å². The van der Waals surface area contributed by atoms with Crippen LogP contribution in [0.25, 0.3) is 5.70 Å². The van der Waals surface area contributed by atoms with E-state index in [9.17, 15) is 33.2 Å². The van der Waals surface area contributed by atoms with Crippen molar-refractivity contribution >= 4 is 11.6 Å². The molecule has 1 aromatic rings. The van der Waals surface area contributed by atoms with Crippen molar-refractivity contribution < 1.29 is 42.0 Å². The Morgan fingerprint density at radius 2 is 2.07 bits per heavy atom. The molecule has 1 saturated carbocycles. The molecule has 7 atom stereocenters. The number of amides is 1. The van der Waals surface area contributed by atoms with Crippen molar-refractivity contribution in [1.82, 2.24) is 5.32 Å². The fraction of sp³-hybridized carbons (Fsp3) is 0.500. The van der Waals surface area contributed by atoms with E-state index in [0.717, 1.165) is 60.8 Å². The SMILES string of the molecule is C=CC[N+]1(C)CC[C@]23C4=C5C=CC(O)(NC(=O)C(OC(F)(F)F)=C(c6ccccc6)[N+](=O)[O-])C4O[C@H]2CCC[C@H]3[C@H]1C5. The number of allylic oxidation sites excluding steroid dienone is 1. The number of quaternary nitrogens is 1. The molecule has 12 heteroatoms. The van der Waals surface area contributed by atoms with Gasteiger partial charge in [0.25, 0.3) is 11.7 Å². The molecule has 3 aliphatic carbocycles. The Hall–Kier alpha value is -3.48. The highest BCUT2D eigenvalue weighted by Crippen LogP contribution is 2.66. The van der Waals surface area contributed by atoms with E-state index in [1.165, 1.54) is 36.4 Å². The van der Waals surface area contributed by atoms with Crippen molar-refractivity contribution in [1.29, 1.82) is 0 Å². The number of nitrogens with zero attached hydrogens (tertiary/aromatic N) is 2. The number of ether oxygens (including phenoxy) is 2. The first kappa shape index (κ1) is 28.6. The predicted molar refractivity (Wildman–Crippen MR) is 144 cm³/mol. The Kier molecular flexibility index (Phi) is 6.67. The molecule has 1 amide bonds. The summed E-state index contributed by atoms with van der Waals surface area (Å²) in [7, 11) is 2.25. The van der Waals surface area contributed by atoms with Gasteiger partial charge in [-0.15, -0.1) is 13.2 Å². The first-order valence-corrected chi connectivity index (χ1v) is 14.1. The number of piperidine rings is 1. The lowest BCUT2D eigenvalue weighted by atomic mass is 9.50. The minimum atomic E-state index is -5.41. The molecule has 1 spiro atoms. The van der Waals surface area contributed by atoms with Gasteiger partial charge in [0.15, 0.2) is 5.72 Å². The summed E-state index contributed by atoms with van der Waals surface area (Å²) in [6.45, 7) is 5.67. The Balaban J connectivity index is 1.40. The number of likely N-dealkylation sites (N-methyl/N-ethyl adjacent to an activating group) is 1. The van der Waals surface area contributed by atoms with Crippen molar-refractivity contribution in [2.24, 2.45) is 11.3 Å². The zero-order valence-corrected chi connectivity index (χ0v) is 23.1. The fourth-order valence-electron chi connectivity index (χ4n) is 8.44. The van der Waals surface area contributed by atoms with Gasteiger partial charge in [-0.25, -0.2) is 0 Å². The van der Waals surface area contributed by atoms with Gasteiger partial charge in [-0.1, -0.05) is 37.3 Å². The molecule has 2 heterocycles. The molecule has 42 heavy (non-hydrogen) atoms. The summed E-state index contributed by atoms with van der Waals surface area (Å²) < 4.78 is 51.8. The number of rotatable bonds is 7. The number of benzene rings is 1. The van der Waals surface area contributed by atoms with Crippen LogP contribution in [0, 0.1) is 21.4 Å². The molecule has 224 valence electrons.